The molecule has 0 N–H and O–H groups in total. The molecule has 0 amide bonds. The number of thiazole rings is 1. The van der Waals surface area contributed by atoms with Crippen LogP contribution in [0.1, 0.15) is 44.9 Å². The van der Waals surface area contributed by atoms with Crippen molar-refractivity contribution in [3.05, 3.63) is 83.0 Å². The largest absolute Gasteiger partial charge is 0.496 e. The van der Waals surface area contributed by atoms with Gasteiger partial charge in [0.1, 0.15) is 5.75 Å². The van der Waals surface area contributed by atoms with Crippen LogP contribution in [-0.4, -0.2) is 37.5 Å². The summed E-state index contributed by atoms with van der Waals surface area (Å²) in [5.41, 5.74) is 2.05. The summed E-state index contributed by atoms with van der Waals surface area (Å²) in [7, 11) is 3.15. The van der Waals surface area contributed by atoms with E-state index in [2.05, 4.69) is 20.9 Å². The Bertz CT molecular complexity index is 1590. The van der Waals surface area contributed by atoms with E-state index in [-0.39, 0.29) is 18.3 Å². The standard InChI is InChI=1S/C28H29BrN2O6S/c1-7-36-27(33)24-16(4)30-28-31(25(24)18-9-11-20(34-5)19(29)14-18)26(32)23(38-28)13-17-8-10-21(37-15(2)3)22(12-17)35-6/h8-15,25H,7H2,1-6H3/b23-13+/t25-/m0/s1. The first-order chi connectivity index (χ1) is 18.2. The molecule has 1 aliphatic rings. The van der Waals surface area contributed by atoms with E-state index in [1.165, 1.54) is 11.3 Å². The van der Waals surface area contributed by atoms with Crippen LogP contribution in [0, 0.1) is 0 Å². The van der Waals surface area contributed by atoms with Crippen LogP contribution in [0.25, 0.3) is 6.08 Å². The van der Waals surface area contributed by atoms with Gasteiger partial charge in [0.15, 0.2) is 16.3 Å². The van der Waals surface area contributed by atoms with Crippen molar-refractivity contribution in [2.24, 2.45) is 4.99 Å². The van der Waals surface area contributed by atoms with Gasteiger partial charge in [0.05, 0.1) is 53.2 Å². The summed E-state index contributed by atoms with van der Waals surface area (Å²) in [5, 5.41) is 0. The Morgan fingerprint density at radius 1 is 1.13 bits per heavy atom. The lowest BCUT2D eigenvalue weighted by Crippen LogP contribution is -2.39. The van der Waals surface area contributed by atoms with Gasteiger partial charge in [-0.25, -0.2) is 9.79 Å². The van der Waals surface area contributed by atoms with E-state index in [1.54, 1.807) is 44.8 Å². The topological polar surface area (TPSA) is 88.4 Å². The lowest BCUT2D eigenvalue weighted by Gasteiger charge is -2.25. The minimum Gasteiger partial charge on any atom is -0.496 e. The molecule has 1 atom stereocenters. The van der Waals surface area contributed by atoms with Gasteiger partial charge >= 0.3 is 5.97 Å². The van der Waals surface area contributed by atoms with Crippen LogP contribution in [0.5, 0.6) is 17.2 Å². The fraction of sp³-hybridized carbons (Fsp3) is 0.321. The average molecular weight is 602 g/mol. The number of hydrogen-bond acceptors (Lipinski definition) is 8. The number of allylic oxidation sites excluding steroid dienone is 1. The normalized spacial score (nSPS) is 15.3. The van der Waals surface area contributed by atoms with Gasteiger partial charge in [-0.2, -0.15) is 0 Å². The number of benzene rings is 2. The number of esters is 1. The van der Waals surface area contributed by atoms with Gasteiger partial charge in [-0.3, -0.25) is 9.36 Å². The first-order valence-corrected chi connectivity index (χ1v) is 13.7. The first kappa shape index (κ1) is 27.7. The second-order valence-electron chi connectivity index (χ2n) is 8.77. The van der Waals surface area contributed by atoms with Gasteiger partial charge in [-0.1, -0.05) is 23.5 Å². The number of fused-ring (bicyclic) bond motifs is 1. The number of halogens is 1. The van der Waals surface area contributed by atoms with Crippen molar-refractivity contribution in [3.63, 3.8) is 0 Å². The minimum atomic E-state index is -0.717. The van der Waals surface area contributed by atoms with Gasteiger partial charge in [-0.05, 0) is 85.1 Å². The molecule has 4 rings (SSSR count). The molecule has 0 bridgehead atoms. The fourth-order valence-electron chi connectivity index (χ4n) is 4.24. The van der Waals surface area contributed by atoms with Crippen molar-refractivity contribution >= 4 is 39.3 Å². The summed E-state index contributed by atoms with van der Waals surface area (Å²) in [6.07, 6.45) is 1.78. The van der Waals surface area contributed by atoms with Crippen molar-refractivity contribution in [2.75, 3.05) is 20.8 Å². The maximum atomic E-state index is 13.8. The summed E-state index contributed by atoms with van der Waals surface area (Å²) < 4.78 is 24.8. The number of carbonyl (C=O) groups excluding carboxylic acids is 1. The second-order valence-corrected chi connectivity index (χ2v) is 10.6. The molecule has 0 saturated heterocycles. The van der Waals surface area contributed by atoms with Crippen molar-refractivity contribution in [3.8, 4) is 17.2 Å². The van der Waals surface area contributed by atoms with Crippen LogP contribution in [0.3, 0.4) is 0 Å². The maximum absolute atomic E-state index is 13.8. The van der Waals surface area contributed by atoms with E-state index < -0.39 is 12.0 Å². The summed E-state index contributed by atoms with van der Waals surface area (Å²) in [4.78, 5) is 32.0. The summed E-state index contributed by atoms with van der Waals surface area (Å²) >= 11 is 4.78. The molecule has 200 valence electrons. The molecule has 3 aromatic rings. The third-order valence-electron chi connectivity index (χ3n) is 5.86. The highest BCUT2D eigenvalue weighted by Crippen LogP contribution is 2.35. The molecule has 38 heavy (non-hydrogen) atoms. The summed E-state index contributed by atoms with van der Waals surface area (Å²) in [6, 6.07) is 10.3. The van der Waals surface area contributed by atoms with Crippen LogP contribution in [-0.2, 0) is 9.53 Å². The molecule has 0 radical (unpaired) electrons. The highest BCUT2D eigenvalue weighted by atomic mass is 79.9. The zero-order chi connectivity index (χ0) is 27.6. The van der Waals surface area contributed by atoms with E-state index >= 15 is 0 Å². The van der Waals surface area contributed by atoms with Gasteiger partial charge in [0, 0.05) is 0 Å². The molecule has 0 unspecified atom stereocenters. The highest BCUT2D eigenvalue weighted by molar-refractivity contribution is 9.10. The number of rotatable bonds is 8. The number of hydrogen-bond donors (Lipinski definition) is 0. The Kier molecular flexibility index (Phi) is 8.42. The van der Waals surface area contributed by atoms with Crippen LogP contribution in [0.15, 0.2) is 61.9 Å². The van der Waals surface area contributed by atoms with Gasteiger partial charge < -0.3 is 18.9 Å². The molecule has 2 aromatic carbocycles. The molecule has 10 heteroatoms. The first-order valence-electron chi connectivity index (χ1n) is 12.1. The van der Waals surface area contributed by atoms with E-state index in [1.807, 2.05) is 44.2 Å². The summed E-state index contributed by atoms with van der Waals surface area (Å²) in [5.74, 6) is 1.33. The Morgan fingerprint density at radius 3 is 2.47 bits per heavy atom. The Balaban J connectivity index is 1.90. The highest BCUT2D eigenvalue weighted by Gasteiger charge is 2.33. The van der Waals surface area contributed by atoms with Crippen molar-refractivity contribution in [1.82, 2.24) is 4.57 Å². The summed E-state index contributed by atoms with van der Waals surface area (Å²) in [6.45, 7) is 7.59. The number of nitrogens with zero attached hydrogens (tertiary/aromatic N) is 2. The van der Waals surface area contributed by atoms with Crippen LogP contribution < -0.4 is 29.1 Å². The SMILES string of the molecule is CCOC(=O)C1=C(C)N=c2s/c(=C/c3ccc(OC(C)C)c(OC)c3)c(=O)n2[C@H]1c1ccc(OC)c(Br)c1. The monoisotopic (exact) mass is 600 g/mol. The van der Waals surface area contributed by atoms with E-state index in [4.69, 9.17) is 18.9 Å². The molecular formula is C28H29BrN2O6S. The quantitative estimate of drug-likeness (QED) is 0.357. The van der Waals surface area contributed by atoms with Crippen LogP contribution in [0.4, 0.5) is 0 Å². The fourth-order valence-corrected chi connectivity index (χ4v) is 5.84. The Labute approximate surface area is 233 Å². The third-order valence-corrected chi connectivity index (χ3v) is 7.46. The number of carbonyl (C=O) groups is 1. The molecular weight excluding hydrogens is 572 g/mol. The molecule has 0 fully saturated rings. The number of methoxy groups -OCH3 is 2. The van der Waals surface area contributed by atoms with Gasteiger partial charge in [0.2, 0.25) is 0 Å². The molecule has 2 heterocycles. The van der Waals surface area contributed by atoms with Gasteiger partial charge in [0.25, 0.3) is 5.56 Å². The average Bonchev–Trinajstić information content (AvgIpc) is 3.17. The van der Waals surface area contributed by atoms with Crippen molar-refractivity contribution in [1.29, 1.82) is 0 Å². The van der Waals surface area contributed by atoms with E-state index in [0.29, 0.717) is 42.3 Å². The van der Waals surface area contributed by atoms with Crippen LogP contribution >= 0.6 is 27.3 Å². The van der Waals surface area contributed by atoms with E-state index in [0.717, 1.165) is 11.1 Å². The van der Waals surface area contributed by atoms with Crippen molar-refractivity contribution in [2.45, 2.75) is 39.8 Å². The number of ether oxygens (including phenoxy) is 4. The molecule has 0 aliphatic carbocycles. The smallest absolute Gasteiger partial charge is 0.338 e. The zero-order valence-electron chi connectivity index (χ0n) is 22.0. The maximum Gasteiger partial charge on any atom is 0.338 e. The predicted molar refractivity (Wildman–Crippen MR) is 150 cm³/mol. The number of aromatic nitrogens is 1. The Hall–Kier alpha value is -3.37. The lowest BCUT2D eigenvalue weighted by molar-refractivity contribution is -0.139. The third kappa shape index (κ3) is 5.42. The van der Waals surface area contributed by atoms with E-state index in [9.17, 15) is 9.59 Å². The Morgan fingerprint density at radius 2 is 1.84 bits per heavy atom. The second kappa shape index (κ2) is 11.6. The minimum absolute atomic E-state index is 0.00624. The predicted octanol–water partition coefficient (Wildman–Crippen LogP) is 4.37. The van der Waals surface area contributed by atoms with Crippen molar-refractivity contribution < 1.29 is 23.7 Å². The van der Waals surface area contributed by atoms with Gasteiger partial charge in [-0.15, -0.1) is 0 Å². The molecule has 8 nitrogen and oxygen atoms in total. The molecule has 0 saturated carbocycles. The van der Waals surface area contributed by atoms with Crippen LogP contribution in [0.2, 0.25) is 0 Å². The molecule has 0 spiro atoms. The lowest BCUT2D eigenvalue weighted by atomic mass is 9.96. The zero-order valence-corrected chi connectivity index (χ0v) is 24.4. The molecule has 1 aromatic heterocycles. The molecule has 1 aliphatic heterocycles.